The quantitative estimate of drug-likeness (QED) is 0.290. The van der Waals surface area contributed by atoms with Gasteiger partial charge in [0.2, 0.25) is 21.9 Å². The van der Waals surface area contributed by atoms with Gasteiger partial charge in [-0.3, -0.25) is 14.3 Å². The Kier molecular flexibility index (Phi) is 8.04. The van der Waals surface area contributed by atoms with E-state index in [1.165, 1.54) is 39.9 Å². The Hall–Kier alpha value is -4.59. The summed E-state index contributed by atoms with van der Waals surface area (Å²) in [5, 5.41) is 7.29. The maximum Gasteiger partial charge on any atom is 0.243 e. The summed E-state index contributed by atoms with van der Waals surface area (Å²) in [4.78, 5) is 17.1. The number of para-hydroxylation sites is 1. The van der Waals surface area contributed by atoms with Gasteiger partial charge in [0, 0.05) is 25.5 Å². The molecule has 1 aromatic carbocycles. The molecule has 1 N–H and O–H groups in total. The molecule has 0 unspecified atom stereocenters. The molecule has 0 aliphatic carbocycles. The van der Waals surface area contributed by atoms with Crippen molar-refractivity contribution >= 4 is 21.7 Å². The van der Waals surface area contributed by atoms with E-state index in [-0.39, 0.29) is 23.3 Å². The second-order valence-electron chi connectivity index (χ2n) is 8.24. The van der Waals surface area contributed by atoms with Crippen LogP contribution in [0.15, 0.2) is 53.8 Å². The fourth-order valence-electron chi connectivity index (χ4n) is 3.78. The van der Waals surface area contributed by atoms with Crippen LogP contribution in [0.5, 0.6) is 17.4 Å². The molecule has 0 bridgehead atoms. The predicted octanol–water partition coefficient (Wildman–Crippen LogP) is 2.70. The van der Waals surface area contributed by atoms with Crippen molar-refractivity contribution in [2.75, 3.05) is 33.1 Å². The van der Waals surface area contributed by atoms with Gasteiger partial charge in [0.15, 0.2) is 11.6 Å². The third-order valence-corrected chi connectivity index (χ3v) is 7.41. The van der Waals surface area contributed by atoms with Crippen LogP contribution in [0.2, 0.25) is 0 Å². The maximum absolute atomic E-state index is 13.7. The Bertz CT molecular complexity index is 1580. The molecule has 39 heavy (non-hydrogen) atoms. The number of aryl methyl sites for hydroxylation is 1. The van der Waals surface area contributed by atoms with Gasteiger partial charge >= 0.3 is 0 Å². The number of methoxy groups -OCH3 is 3. The van der Waals surface area contributed by atoms with E-state index in [0.29, 0.717) is 28.8 Å². The molecule has 0 radical (unpaired) electrons. The second-order valence-corrected chi connectivity index (χ2v) is 10.2. The van der Waals surface area contributed by atoms with Crippen molar-refractivity contribution in [1.82, 2.24) is 29.7 Å². The molecule has 3 heterocycles. The number of hydrogen-bond donors (Lipinski definition) is 1. The van der Waals surface area contributed by atoms with Crippen molar-refractivity contribution in [3.8, 4) is 34.6 Å². The van der Waals surface area contributed by atoms with Crippen LogP contribution in [0.25, 0.3) is 17.2 Å². The van der Waals surface area contributed by atoms with Crippen molar-refractivity contribution in [3.63, 3.8) is 0 Å². The van der Waals surface area contributed by atoms with Crippen LogP contribution in [-0.4, -0.2) is 77.5 Å². The van der Waals surface area contributed by atoms with Gasteiger partial charge in [0.1, 0.15) is 28.1 Å². The standard InChI is InChI=1S/C25H28N8O5S/c1-15-13-27-23(28-14-15)21(26-3)16(2)39(34,35)32-25-31-30-24(17-9-7-12-20(29-17)38-6)33(25)22-18(36-4)10-8-11-19(22)37-5/h7-14,16H,1-6H3,(H,31,32)/t16-/m1/s1. The molecule has 4 rings (SSSR count). The fourth-order valence-corrected chi connectivity index (χ4v) is 4.85. The Morgan fingerprint density at radius 3 is 2.21 bits per heavy atom. The summed E-state index contributed by atoms with van der Waals surface area (Å²) in [6.45, 7) is 3.32. The zero-order valence-corrected chi connectivity index (χ0v) is 23.1. The molecule has 204 valence electrons. The van der Waals surface area contributed by atoms with Crippen LogP contribution in [0, 0.1) is 6.92 Å². The Morgan fingerprint density at radius 1 is 0.974 bits per heavy atom. The minimum Gasteiger partial charge on any atom is -0.494 e. The van der Waals surface area contributed by atoms with Crippen molar-refractivity contribution < 1.29 is 22.6 Å². The first-order valence-electron chi connectivity index (χ1n) is 11.7. The number of nitrogens with zero attached hydrogens (tertiary/aromatic N) is 7. The van der Waals surface area contributed by atoms with Gasteiger partial charge in [-0.25, -0.2) is 23.4 Å². The number of rotatable bonds is 10. The summed E-state index contributed by atoms with van der Waals surface area (Å²) < 4.78 is 47.8. The van der Waals surface area contributed by atoms with Crippen molar-refractivity contribution in [2.45, 2.75) is 19.1 Å². The maximum atomic E-state index is 13.7. The summed E-state index contributed by atoms with van der Waals surface area (Å²) >= 11 is 0. The van der Waals surface area contributed by atoms with Crippen molar-refractivity contribution in [2.24, 2.45) is 4.99 Å². The van der Waals surface area contributed by atoms with Crippen molar-refractivity contribution in [1.29, 1.82) is 0 Å². The highest BCUT2D eigenvalue weighted by Gasteiger charge is 2.32. The molecule has 0 aliphatic heterocycles. The number of benzene rings is 1. The third-order valence-electron chi connectivity index (χ3n) is 5.79. The van der Waals surface area contributed by atoms with E-state index >= 15 is 0 Å². The highest BCUT2D eigenvalue weighted by molar-refractivity contribution is 7.94. The number of sulfonamides is 1. The molecular weight excluding hydrogens is 524 g/mol. The molecule has 0 saturated heterocycles. The molecule has 0 spiro atoms. The first-order chi connectivity index (χ1) is 18.7. The second kappa shape index (κ2) is 11.4. The van der Waals surface area contributed by atoms with E-state index in [9.17, 15) is 8.42 Å². The molecule has 4 aromatic rings. The first kappa shape index (κ1) is 27.4. The number of aromatic nitrogens is 6. The van der Waals surface area contributed by atoms with E-state index in [0.717, 1.165) is 5.56 Å². The SMILES string of the molecule is CN=C(c1ncc(C)cn1)[C@@H](C)S(=O)(=O)Nc1nnc(-c2cccc(OC)n2)n1-c1c(OC)cccc1OC. The predicted molar refractivity (Wildman–Crippen MR) is 145 cm³/mol. The number of ether oxygens (including phenoxy) is 3. The fraction of sp³-hybridized carbons (Fsp3) is 0.280. The van der Waals surface area contributed by atoms with Crippen LogP contribution >= 0.6 is 0 Å². The van der Waals surface area contributed by atoms with E-state index in [1.807, 2.05) is 6.92 Å². The van der Waals surface area contributed by atoms with Gasteiger partial charge in [0.05, 0.1) is 27.0 Å². The van der Waals surface area contributed by atoms with Crippen LogP contribution in [0.3, 0.4) is 0 Å². The Labute approximate surface area is 226 Å². The molecule has 1 atom stereocenters. The van der Waals surface area contributed by atoms with Gasteiger partial charge < -0.3 is 14.2 Å². The summed E-state index contributed by atoms with van der Waals surface area (Å²) in [6, 6.07) is 10.3. The molecule has 3 aromatic heterocycles. The van der Waals surface area contributed by atoms with E-state index < -0.39 is 15.3 Å². The van der Waals surface area contributed by atoms with E-state index in [2.05, 4.69) is 34.9 Å². The van der Waals surface area contributed by atoms with Crippen LogP contribution in [-0.2, 0) is 10.0 Å². The Balaban J connectivity index is 1.87. The summed E-state index contributed by atoms with van der Waals surface area (Å²) in [6.07, 6.45) is 3.19. The van der Waals surface area contributed by atoms with Gasteiger partial charge in [-0.05, 0) is 37.6 Å². The summed E-state index contributed by atoms with van der Waals surface area (Å²) in [7, 11) is 1.81. The van der Waals surface area contributed by atoms with Crippen LogP contribution in [0.4, 0.5) is 5.95 Å². The van der Waals surface area contributed by atoms with E-state index in [4.69, 9.17) is 14.2 Å². The number of nitrogens with one attached hydrogen (secondary N) is 1. The van der Waals surface area contributed by atoms with E-state index in [1.54, 1.807) is 48.8 Å². The van der Waals surface area contributed by atoms with Gasteiger partial charge in [0.25, 0.3) is 0 Å². The molecule has 0 aliphatic rings. The number of anilines is 1. The first-order valence-corrected chi connectivity index (χ1v) is 13.2. The lowest BCUT2D eigenvalue weighted by molar-refractivity contribution is 0.391. The zero-order valence-electron chi connectivity index (χ0n) is 22.3. The molecular formula is C25H28N8O5S. The number of pyridine rings is 1. The van der Waals surface area contributed by atoms with Crippen LogP contribution < -0.4 is 18.9 Å². The third kappa shape index (κ3) is 5.50. The Morgan fingerprint density at radius 2 is 1.62 bits per heavy atom. The van der Waals surface area contributed by atoms with Gasteiger partial charge in [-0.1, -0.05) is 12.1 Å². The lowest BCUT2D eigenvalue weighted by atomic mass is 10.2. The monoisotopic (exact) mass is 552 g/mol. The van der Waals surface area contributed by atoms with Crippen LogP contribution in [0.1, 0.15) is 18.3 Å². The highest BCUT2D eigenvalue weighted by Crippen LogP contribution is 2.37. The van der Waals surface area contributed by atoms with Gasteiger partial charge in [-0.15, -0.1) is 10.2 Å². The molecule has 0 saturated carbocycles. The lowest BCUT2D eigenvalue weighted by Gasteiger charge is -2.19. The summed E-state index contributed by atoms with van der Waals surface area (Å²) in [5.74, 6) is 1.41. The molecule has 0 fully saturated rings. The topological polar surface area (TPSA) is 156 Å². The average molecular weight is 553 g/mol. The molecule has 14 heteroatoms. The largest absolute Gasteiger partial charge is 0.494 e. The normalized spacial score (nSPS) is 12.6. The molecule has 0 amide bonds. The zero-order chi connectivity index (χ0) is 28.2. The van der Waals surface area contributed by atoms with Crippen molar-refractivity contribution in [3.05, 3.63) is 60.2 Å². The average Bonchev–Trinajstić information content (AvgIpc) is 3.35. The minimum absolute atomic E-state index is 0.121. The lowest BCUT2D eigenvalue weighted by Crippen LogP contribution is -2.34. The highest BCUT2D eigenvalue weighted by atomic mass is 32.2. The molecule has 13 nitrogen and oxygen atoms in total. The number of aliphatic imine (C=N–C) groups is 1. The summed E-state index contributed by atoms with van der Waals surface area (Å²) in [5.41, 5.74) is 1.75. The number of hydrogen-bond acceptors (Lipinski definition) is 11. The minimum atomic E-state index is -4.15. The van der Waals surface area contributed by atoms with Gasteiger partial charge in [-0.2, -0.15) is 0 Å². The smallest absolute Gasteiger partial charge is 0.243 e.